The molecule has 0 spiro atoms. The lowest BCUT2D eigenvalue weighted by atomic mass is 10.1. The first-order valence-corrected chi connectivity index (χ1v) is 5.85. The number of phenolic OH excluding ortho intramolecular Hbond substituents is 1. The largest absolute Gasteiger partial charge is 0.508 e. The molecule has 0 aliphatic rings. The molecule has 2 N–H and O–H groups in total. The molecule has 0 aliphatic heterocycles. The monoisotopic (exact) mass is 245 g/mol. The zero-order chi connectivity index (χ0) is 12.8. The Hall–Kier alpha value is -2.23. The van der Waals surface area contributed by atoms with Gasteiger partial charge in [-0.1, -0.05) is 12.1 Å². The van der Waals surface area contributed by atoms with Gasteiger partial charge in [0.15, 0.2) is 5.76 Å². The van der Waals surface area contributed by atoms with E-state index in [-0.39, 0.29) is 11.7 Å². The van der Waals surface area contributed by atoms with Crippen LogP contribution in [0, 0.1) is 0 Å². The highest BCUT2D eigenvalue weighted by Gasteiger charge is 2.06. The number of nitrogens with one attached hydrogen (secondary N) is 1. The Morgan fingerprint density at radius 3 is 2.67 bits per heavy atom. The van der Waals surface area contributed by atoms with Gasteiger partial charge in [-0.05, 0) is 42.7 Å². The molecule has 18 heavy (non-hydrogen) atoms. The molecule has 2 aromatic rings. The maximum absolute atomic E-state index is 11.5. The number of amides is 1. The Labute approximate surface area is 105 Å². The molecule has 0 unspecified atom stereocenters. The van der Waals surface area contributed by atoms with Crippen molar-refractivity contribution in [2.24, 2.45) is 0 Å². The zero-order valence-electron chi connectivity index (χ0n) is 9.93. The predicted octanol–water partition coefficient (Wildman–Crippen LogP) is 2.35. The molecule has 0 atom stereocenters. The molecule has 94 valence electrons. The van der Waals surface area contributed by atoms with Crippen molar-refractivity contribution >= 4 is 5.91 Å². The molecule has 0 fully saturated rings. The molecule has 1 aromatic carbocycles. The van der Waals surface area contributed by atoms with E-state index in [1.807, 2.05) is 12.1 Å². The molecule has 0 radical (unpaired) electrons. The van der Waals surface area contributed by atoms with Gasteiger partial charge in [0.05, 0.1) is 6.26 Å². The number of furan rings is 1. The van der Waals surface area contributed by atoms with E-state index in [0.29, 0.717) is 12.3 Å². The average Bonchev–Trinajstić information content (AvgIpc) is 2.90. The van der Waals surface area contributed by atoms with Gasteiger partial charge in [0.25, 0.3) is 5.91 Å². The van der Waals surface area contributed by atoms with Crippen molar-refractivity contribution in [3.63, 3.8) is 0 Å². The number of aryl methyl sites for hydroxylation is 1. The summed E-state index contributed by atoms with van der Waals surface area (Å²) >= 11 is 0. The van der Waals surface area contributed by atoms with Gasteiger partial charge in [0.1, 0.15) is 5.75 Å². The number of carbonyl (C=O) groups is 1. The second kappa shape index (κ2) is 5.91. The normalized spacial score (nSPS) is 10.2. The van der Waals surface area contributed by atoms with Crippen molar-refractivity contribution in [2.45, 2.75) is 12.8 Å². The van der Waals surface area contributed by atoms with Crippen molar-refractivity contribution in [2.75, 3.05) is 6.54 Å². The summed E-state index contributed by atoms with van der Waals surface area (Å²) in [5.74, 6) is 0.412. The molecule has 1 aromatic heterocycles. The number of aromatic hydroxyl groups is 1. The lowest BCUT2D eigenvalue weighted by Crippen LogP contribution is -2.24. The third kappa shape index (κ3) is 3.38. The fourth-order valence-corrected chi connectivity index (χ4v) is 1.65. The number of benzene rings is 1. The highest BCUT2D eigenvalue weighted by molar-refractivity contribution is 5.91. The molecule has 4 heteroatoms. The summed E-state index contributed by atoms with van der Waals surface area (Å²) in [5.41, 5.74) is 1.14. The first kappa shape index (κ1) is 12.2. The molecule has 1 heterocycles. The van der Waals surface area contributed by atoms with Crippen LogP contribution < -0.4 is 5.32 Å². The minimum Gasteiger partial charge on any atom is -0.508 e. The summed E-state index contributed by atoms with van der Waals surface area (Å²) in [6.07, 6.45) is 3.18. The van der Waals surface area contributed by atoms with E-state index in [0.717, 1.165) is 18.4 Å². The standard InChI is InChI=1S/C14H15NO3/c16-12-7-5-11(6-8-12)3-1-9-15-14(17)13-4-2-10-18-13/h2,4-8,10,16H,1,3,9H2,(H,15,17). The van der Waals surface area contributed by atoms with Gasteiger partial charge in [-0.25, -0.2) is 0 Å². The third-order valence-corrected chi connectivity index (χ3v) is 2.61. The van der Waals surface area contributed by atoms with Crippen molar-refractivity contribution in [3.8, 4) is 5.75 Å². The van der Waals surface area contributed by atoms with E-state index < -0.39 is 0 Å². The van der Waals surface area contributed by atoms with Crippen LogP contribution in [-0.2, 0) is 6.42 Å². The van der Waals surface area contributed by atoms with Crippen LogP contribution in [0.15, 0.2) is 47.1 Å². The summed E-state index contributed by atoms with van der Waals surface area (Å²) in [6, 6.07) is 10.4. The molecule has 2 rings (SSSR count). The number of rotatable bonds is 5. The number of hydrogen-bond acceptors (Lipinski definition) is 3. The van der Waals surface area contributed by atoms with E-state index in [9.17, 15) is 4.79 Å². The Morgan fingerprint density at radius 1 is 1.22 bits per heavy atom. The molecule has 0 saturated heterocycles. The first-order chi connectivity index (χ1) is 8.75. The number of hydrogen-bond donors (Lipinski definition) is 2. The summed E-state index contributed by atoms with van der Waals surface area (Å²) in [6.45, 7) is 0.598. The van der Waals surface area contributed by atoms with Gasteiger partial charge in [-0.3, -0.25) is 4.79 Å². The van der Waals surface area contributed by atoms with Gasteiger partial charge in [0, 0.05) is 6.54 Å². The van der Waals surface area contributed by atoms with Crippen LogP contribution in [0.2, 0.25) is 0 Å². The van der Waals surface area contributed by atoms with Crippen LogP contribution in [0.3, 0.4) is 0 Å². The zero-order valence-corrected chi connectivity index (χ0v) is 9.93. The highest BCUT2D eigenvalue weighted by atomic mass is 16.3. The van der Waals surface area contributed by atoms with Crippen LogP contribution in [0.5, 0.6) is 5.75 Å². The van der Waals surface area contributed by atoms with Crippen LogP contribution >= 0.6 is 0 Å². The van der Waals surface area contributed by atoms with Crippen molar-refractivity contribution in [1.29, 1.82) is 0 Å². The molecule has 0 bridgehead atoms. The van der Waals surface area contributed by atoms with Gasteiger partial charge in [0.2, 0.25) is 0 Å². The SMILES string of the molecule is O=C(NCCCc1ccc(O)cc1)c1ccco1. The Balaban J connectivity index is 1.70. The molecule has 4 nitrogen and oxygen atoms in total. The molecular weight excluding hydrogens is 230 g/mol. The van der Waals surface area contributed by atoms with E-state index in [1.165, 1.54) is 6.26 Å². The molecular formula is C14H15NO3. The maximum Gasteiger partial charge on any atom is 0.286 e. The van der Waals surface area contributed by atoms with E-state index in [2.05, 4.69) is 5.32 Å². The van der Waals surface area contributed by atoms with Crippen molar-refractivity contribution in [1.82, 2.24) is 5.32 Å². The second-order valence-electron chi connectivity index (χ2n) is 4.00. The van der Waals surface area contributed by atoms with Crippen LogP contribution in [0.4, 0.5) is 0 Å². The second-order valence-corrected chi connectivity index (χ2v) is 4.00. The topological polar surface area (TPSA) is 62.5 Å². The Bertz CT molecular complexity index is 488. The molecule has 0 aliphatic carbocycles. The van der Waals surface area contributed by atoms with E-state index >= 15 is 0 Å². The maximum atomic E-state index is 11.5. The molecule has 1 amide bonds. The fourth-order valence-electron chi connectivity index (χ4n) is 1.65. The van der Waals surface area contributed by atoms with Gasteiger partial charge in [-0.15, -0.1) is 0 Å². The van der Waals surface area contributed by atoms with Crippen LogP contribution in [0.25, 0.3) is 0 Å². The third-order valence-electron chi connectivity index (χ3n) is 2.61. The lowest BCUT2D eigenvalue weighted by Gasteiger charge is -2.03. The summed E-state index contributed by atoms with van der Waals surface area (Å²) in [5, 5.41) is 11.9. The van der Waals surface area contributed by atoms with E-state index in [4.69, 9.17) is 9.52 Å². The van der Waals surface area contributed by atoms with Crippen LogP contribution in [0.1, 0.15) is 22.5 Å². The number of phenols is 1. The average molecular weight is 245 g/mol. The van der Waals surface area contributed by atoms with Crippen molar-refractivity contribution in [3.05, 3.63) is 54.0 Å². The van der Waals surface area contributed by atoms with Gasteiger partial charge < -0.3 is 14.8 Å². The Kier molecular flexibility index (Phi) is 4.02. The predicted molar refractivity (Wildman–Crippen MR) is 67.5 cm³/mol. The Morgan fingerprint density at radius 2 is 2.00 bits per heavy atom. The molecule has 0 saturated carbocycles. The van der Waals surface area contributed by atoms with Gasteiger partial charge >= 0.3 is 0 Å². The quantitative estimate of drug-likeness (QED) is 0.795. The fraction of sp³-hybridized carbons (Fsp3) is 0.214. The minimum atomic E-state index is -0.189. The van der Waals surface area contributed by atoms with Crippen molar-refractivity contribution < 1.29 is 14.3 Å². The van der Waals surface area contributed by atoms with Crippen LogP contribution in [-0.4, -0.2) is 17.6 Å². The summed E-state index contributed by atoms with van der Waals surface area (Å²) in [4.78, 5) is 11.5. The van der Waals surface area contributed by atoms with E-state index in [1.54, 1.807) is 24.3 Å². The number of carbonyl (C=O) groups excluding carboxylic acids is 1. The highest BCUT2D eigenvalue weighted by Crippen LogP contribution is 2.10. The summed E-state index contributed by atoms with van der Waals surface area (Å²) < 4.78 is 4.98. The minimum absolute atomic E-state index is 0.189. The lowest BCUT2D eigenvalue weighted by molar-refractivity contribution is 0.0925. The summed E-state index contributed by atoms with van der Waals surface area (Å²) in [7, 11) is 0. The van der Waals surface area contributed by atoms with Gasteiger partial charge in [-0.2, -0.15) is 0 Å². The first-order valence-electron chi connectivity index (χ1n) is 5.85. The smallest absolute Gasteiger partial charge is 0.286 e.